The fourth-order valence-electron chi connectivity index (χ4n) is 2.04. The third-order valence-corrected chi connectivity index (χ3v) is 3.58. The number of hydrogen-bond donors (Lipinski definition) is 3. The number of carbonyl (C=O) groups excluding carboxylic acids is 2. The van der Waals surface area contributed by atoms with E-state index in [1.807, 2.05) is 4.90 Å². The van der Waals surface area contributed by atoms with E-state index >= 15 is 0 Å². The number of piperidine rings is 1. The molecule has 0 aromatic carbocycles. The molecule has 6 nitrogen and oxygen atoms in total. The third-order valence-electron chi connectivity index (χ3n) is 3.25. The van der Waals surface area contributed by atoms with Crippen LogP contribution < -0.4 is 16.4 Å². The molecule has 1 saturated heterocycles. The summed E-state index contributed by atoms with van der Waals surface area (Å²) >= 11 is 5.00. The maximum Gasteiger partial charge on any atom is 0.321 e. The number of nitrogens with two attached hydrogens (primary N) is 1. The predicted molar refractivity (Wildman–Crippen MR) is 73.1 cm³/mol. The lowest BCUT2D eigenvalue weighted by Crippen LogP contribution is -2.52. The normalized spacial score (nSPS) is 22.0. The Kier molecular flexibility index (Phi) is 5.49. The Morgan fingerprint density at radius 2 is 2.17 bits per heavy atom. The molecule has 2 atom stereocenters. The van der Waals surface area contributed by atoms with Crippen LogP contribution in [-0.2, 0) is 4.79 Å². The molecule has 102 valence electrons. The molecule has 1 rings (SSSR count). The van der Waals surface area contributed by atoms with Crippen molar-refractivity contribution in [1.29, 1.82) is 0 Å². The fourth-order valence-corrected chi connectivity index (χ4v) is 2.23. The van der Waals surface area contributed by atoms with Gasteiger partial charge in [0.2, 0.25) is 5.91 Å². The number of likely N-dealkylation sites (tertiary alicyclic amines) is 1. The van der Waals surface area contributed by atoms with Crippen molar-refractivity contribution in [3.63, 3.8) is 0 Å². The average Bonchev–Trinajstić information content (AvgIpc) is 2.37. The molecule has 1 aliphatic heterocycles. The second-order valence-electron chi connectivity index (χ2n) is 4.48. The van der Waals surface area contributed by atoms with Gasteiger partial charge in [-0.2, -0.15) is 0 Å². The minimum Gasteiger partial charge on any atom is -0.393 e. The van der Waals surface area contributed by atoms with E-state index in [-0.39, 0.29) is 17.9 Å². The van der Waals surface area contributed by atoms with Crippen LogP contribution in [0.3, 0.4) is 0 Å². The van der Waals surface area contributed by atoms with Crippen molar-refractivity contribution in [3.05, 3.63) is 0 Å². The predicted octanol–water partition coefficient (Wildman–Crippen LogP) is -0.171. The van der Waals surface area contributed by atoms with E-state index in [0.717, 1.165) is 19.4 Å². The summed E-state index contributed by atoms with van der Waals surface area (Å²) in [5.41, 5.74) is 5.65. The van der Waals surface area contributed by atoms with Crippen LogP contribution in [0.5, 0.6) is 0 Å². The first kappa shape index (κ1) is 14.8. The van der Waals surface area contributed by atoms with Crippen molar-refractivity contribution in [2.75, 3.05) is 20.1 Å². The van der Waals surface area contributed by atoms with Crippen molar-refractivity contribution in [3.8, 4) is 0 Å². The first-order valence-corrected chi connectivity index (χ1v) is 6.42. The van der Waals surface area contributed by atoms with Crippen LogP contribution in [0.25, 0.3) is 0 Å². The summed E-state index contributed by atoms with van der Waals surface area (Å²) in [5.74, 6) is -0.151. The Morgan fingerprint density at radius 1 is 1.50 bits per heavy atom. The van der Waals surface area contributed by atoms with E-state index in [1.165, 1.54) is 7.05 Å². The van der Waals surface area contributed by atoms with E-state index in [4.69, 9.17) is 18.0 Å². The number of nitrogens with zero attached hydrogens (tertiary/aromatic N) is 1. The molecular weight excluding hydrogens is 252 g/mol. The molecule has 1 fully saturated rings. The molecule has 0 spiro atoms. The quantitative estimate of drug-likeness (QED) is 0.621. The van der Waals surface area contributed by atoms with Crippen LogP contribution in [0.1, 0.15) is 19.8 Å². The molecule has 3 amide bonds. The second kappa shape index (κ2) is 6.65. The van der Waals surface area contributed by atoms with Gasteiger partial charge in [-0.25, -0.2) is 4.79 Å². The van der Waals surface area contributed by atoms with Gasteiger partial charge in [0.25, 0.3) is 0 Å². The molecule has 0 radical (unpaired) electrons. The van der Waals surface area contributed by atoms with Crippen molar-refractivity contribution in [2.45, 2.75) is 25.8 Å². The monoisotopic (exact) mass is 272 g/mol. The summed E-state index contributed by atoms with van der Waals surface area (Å²) in [7, 11) is 1.47. The van der Waals surface area contributed by atoms with E-state index < -0.39 is 6.03 Å². The Labute approximate surface area is 112 Å². The first-order valence-electron chi connectivity index (χ1n) is 6.01. The van der Waals surface area contributed by atoms with Gasteiger partial charge in [0.15, 0.2) is 0 Å². The summed E-state index contributed by atoms with van der Waals surface area (Å²) < 4.78 is 0. The van der Waals surface area contributed by atoms with Crippen LogP contribution in [0.2, 0.25) is 0 Å². The van der Waals surface area contributed by atoms with Crippen LogP contribution in [0.4, 0.5) is 4.79 Å². The smallest absolute Gasteiger partial charge is 0.321 e. The van der Waals surface area contributed by atoms with E-state index in [1.54, 1.807) is 6.92 Å². The van der Waals surface area contributed by atoms with Crippen molar-refractivity contribution >= 4 is 29.1 Å². The van der Waals surface area contributed by atoms with Crippen molar-refractivity contribution in [1.82, 2.24) is 15.5 Å². The van der Waals surface area contributed by atoms with Crippen molar-refractivity contribution < 1.29 is 9.59 Å². The molecule has 0 saturated carbocycles. The van der Waals surface area contributed by atoms with Gasteiger partial charge in [0.1, 0.15) is 0 Å². The van der Waals surface area contributed by atoms with E-state index in [2.05, 4.69) is 10.6 Å². The second-order valence-corrected chi connectivity index (χ2v) is 4.95. The summed E-state index contributed by atoms with van der Waals surface area (Å²) in [6.45, 7) is 3.28. The Balaban J connectivity index is 2.55. The highest BCUT2D eigenvalue weighted by molar-refractivity contribution is 7.80. The molecule has 0 aliphatic carbocycles. The number of amides is 3. The van der Waals surface area contributed by atoms with Crippen LogP contribution in [-0.4, -0.2) is 48.0 Å². The van der Waals surface area contributed by atoms with Gasteiger partial charge in [0, 0.05) is 19.5 Å². The molecule has 2 unspecified atom stereocenters. The van der Waals surface area contributed by atoms with Crippen LogP contribution >= 0.6 is 12.2 Å². The number of thiocarbonyl (C=S) groups is 1. The Hall–Kier alpha value is -1.21. The summed E-state index contributed by atoms with van der Waals surface area (Å²) in [4.78, 5) is 25.4. The van der Waals surface area contributed by atoms with Gasteiger partial charge in [-0.1, -0.05) is 12.2 Å². The van der Waals surface area contributed by atoms with Gasteiger partial charge in [-0.3, -0.25) is 15.0 Å². The average molecular weight is 272 g/mol. The minimum atomic E-state index is -0.491. The SMILES string of the molecule is CNC(=O)NC(=O)C(C)N1CCCC(C(N)=S)C1. The number of urea groups is 1. The standard InChI is InChI=1S/C11H20N4O2S/c1-7(10(16)14-11(17)13-2)15-5-3-4-8(6-15)9(12)18/h7-8H,3-6H2,1-2H3,(H2,12,18)(H2,13,14,16,17). The zero-order valence-corrected chi connectivity index (χ0v) is 11.5. The molecule has 4 N–H and O–H groups in total. The number of carbonyl (C=O) groups is 2. The molecule has 1 heterocycles. The van der Waals surface area contributed by atoms with Crippen LogP contribution in [0.15, 0.2) is 0 Å². The highest BCUT2D eigenvalue weighted by Crippen LogP contribution is 2.18. The lowest BCUT2D eigenvalue weighted by Gasteiger charge is -2.35. The highest BCUT2D eigenvalue weighted by atomic mass is 32.1. The van der Waals surface area contributed by atoms with Crippen molar-refractivity contribution in [2.24, 2.45) is 11.7 Å². The van der Waals surface area contributed by atoms with Crippen LogP contribution in [0, 0.1) is 5.92 Å². The van der Waals surface area contributed by atoms with Gasteiger partial charge in [0.05, 0.1) is 11.0 Å². The molecule has 0 aromatic rings. The molecule has 7 heteroatoms. The molecular formula is C11H20N4O2S. The largest absolute Gasteiger partial charge is 0.393 e. The molecule has 1 aliphatic rings. The zero-order valence-electron chi connectivity index (χ0n) is 10.7. The molecule has 0 aromatic heterocycles. The van der Waals surface area contributed by atoms with Gasteiger partial charge < -0.3 is 11.1 Å². The summed E-state index contributed by atoms with van der Waals surface area (Å²) in [6.07, 6.45) is 1.93. The van der Waals surface area contributed by atoms with Gasteiger partial charge >= 0.3 is 6.03 Å². The van der Waals surface area contributed by atoms with Gasteiger partial charge in [-0.15, -0.1) is 0 Å². The summed E-state index contributed by atoms with van der Waals surface area (Å²) in [5, 5.41) is 4.63. The minimum absolute atomic E-state index is 0.156. The number of nitrogens with one attached hydrogen (secondary N) is 2. The van der Waals surface area contributed by atoms with E-state index in [9.17, 15) is 9.59 Å². The highest BCUT2D eigenvalue weighted by Gasteiger charge is 2.28. The Morgan fingerprint density at radius 3 is 2.72 bits per heavy atom. The number of rotatable bonds is 3. The maximum atomic E-state index is 11.8. The van der Waals surface area contributed by atoms with E-state index in [0.29, 0.717) is 11.5 Å². The fraction of sp³-hybridized carbons (Fsp3) is 0.727. The first-order chi connectivity index (χ1) is 8.45. The third kappa shape index (κ3) is 3.92. The zero-order chi connectivity index (χ0) is 13.7. The lowest BCUT2D eigenvalue weighted by molar-refractivity contribution is -0.125. The topological polar surface area (TPSA) is 87.5 Å². The maximum absolute atomic E-state index is 11.8. The Bertz CT molecular complexity index is 348. The lowest BCUT2D eigenvalue weighted by atomic mass is 9.97. The summed E-state index contributed by atoms with van der Waals surface area (Å²) in [6, 6.07) is -0.853. The number of hydrogen-bond acceptors (Lipinski definition) is 4. The van der Waals surface area contributed by atoms with Gasteiger partial charge in [-0.05, 0) is 26.3 Å². The molecule has 18 heavy (non-hydrogen) atoms. The number of imide groups is 1. The molecule has 0 bridgehead atoms.